The third-order valence-electron chi connectivity index (χ3n) is 3.21. The molecule has 0 aliphatic heterocycles. The van der Waals surface area contributed by atoms with Gasteiger partial charge in [0.05, 0.1) is 11.6 Å². The molecule has 3 heteroatoms. The summed E-state index contributed by atoms with van der Waals surface area (Å²) in [6, 6.07) is 17.4. The Morgan fingerprint density at radius 1 is 1.20 bits per heavy atom. The van der Waals surface area contributed by atoms with Crippen LogP contribution in [-0.4, -0.2) is 0 Å². The molecule has 0 amide bonds. The summed E-state index contributed by atoms with van der Waals surface area (Å²) in [7, 11) is 0. The molecular formula is C17H18N2O. The number of rotatable bonds is 5. The van der Waals surface area contributed by atoms with Gasteiger partial charge in [-0.15, -0.1) is 0 Å². The maximum absolute atomic E-state index is 8.89. The third kappa shape index (κ3) is 3.37. The summed E-state index contributed by atoms with van der Waals surface area (Å²) in [6.07, 6.45) is 0.865. The highest BCUT2D eigenvalue weighted by Crippen LogP contribution is 2.26. The van der Waals surface area contributed by atoms with E-state index in [1.54, 1.807) is 6.07 Å². The van der Waals surface area contributed by atoms with E-state index in [4.69, 9.17) is 15.7 Å². The van der Waals surface area contributed by atoms with Crippen molar-refractivity contribution in [3.63, 3.8) is 0 Å². The van der Waals surface area contributed by atoms with E-state index in [1.807, 2.05) is 42.5 Å². The summed E-state index contributed by atoms with van der Waals surface area (Å²) >= 11 is 0. The lowest BCUT2D eigenvalue weighted by atomic mass is 10.0. The molecule has 0 aromatic heterocycles. The molecular weight excluding hydrogens is 248 g/mol. The van der Waals surface area contributed by atoms with Crippen molar-refractivity contribution in [2.24, 2.45) is 5.73 Å². The van der Waals surface area contributed by atoms with Crippen molar-refractivity contribution in [1.82, 2.24) is 0 Å². The number of nitrogens with two attached hydrogens (primary N) is 1. The summed E-state index contributed by atoms with van der Waals surface area (Å²) in [4.78, 5) is 0. The number of hydrogen-bond donors (Lipinski definition) is 1. The summed E-state index contributed by atoms with van der Waals surface area (Å²) in [5.41, 5.74) is 8.73. The average molecular weight is 266 g/mol. The van der Waals surface area contributed by atoms with Gasteiger partial charge in [0.25, 0.3) is 0 Å². The highest BCUT2D eigenvalue weighted by Gasteiger charge is 2.09. The van der Waals surface area contributed by atoms with Crippen LogP contribution in [0.15, 0.2) is 48.5 Å². The molecule has 0 aliphatic rings. The molecule has 0 bridgehead atoms. The van der Waals surface area contributed by atoms with Crippen LogP contribution in [0.4, 0.5) is 0 Å². The summed E-state index contributed by atoms with van der Waals surface area (Å²) in [5.74, 6) is 0.809. The Bertz CT molecular complexity index is 616. The van der Waals surface area contributed by atoms with Gasteiger partial charge >= 0.3 is 0 Å². The average Bonchev–Trinajstić information content (AvgIpc) is 2.52. The molecule has 1 atom stereocenters. The number of ether oxygens (including phenoxy) is 1. The molecule has 0 aliphatic carbocycles. The van der Waals surface area contributed by atoms with E-state index >= 15 is 0 Å². The fraction of sp³-hybridized carbons (Fsp3) is 0.235. The zero-order valence-electron chi connectivity index (χ0n) is 11.5. The fourth-order valence-corrected chi connectivity index (χ4v) is 2.03. The first-order valence-electron chi connectivity index (χ1n) is 6.71. The first-order chi connectivity index (χ1) is 9.74. The Morgan fingerprint density at radius 2 is 2.00 bits per heavy atom. The monoisotopic (exact) mass is 266 g/mol. The van der Waals surface area contributed by atoms with E-state index in [0.717, 1.165) is 23.3 Å². The molecule has 2 rings (SSSR count). The SMILES string of the molecule is CC[C@@H](N)c1ccccc1OCc1cccc(C#N)c1. The number of benzene rings is 2. The maximum atomic E-state index is 8.89. The molecule has 0 spiro atoms. The Hall–Kier alpha value is -2.31. The van der Waals surface area contributed by atoms with Gasteiger partial charge in [-0.1, -0.05) is 37.3 Å². The lowest BCUT2D eigenvalue weighted by molar-refractivity contribution is 0.300. The van der Waals surface area contributed by atoms with Gasteiger partial charge in [-0.3, -0.25) is 0 Å². The maximum Gasteiger partial charge on any atom is 0.124 e. The van der Waals surface area contributed by atoms with Gasteiger partial charge in [0, 0.05) is 11.6 Å². The lowest BCUT2D eigenvalue weighted by Gasteiger charge is -2.15. The largest absolute Gasteiger partial charge is 0.489 e. The molecule has 20 heavy (non-hydrogen) atoms. The van der Waals surface area contributed by atoms with Crippen molar-refractivity contribution in [2.45, 2.75) is 26.0 Å². The smallest absolute Gasteiger partial charge is 0.124 e. The molecule has 0 unspecified atom stereocenters. The number of para-hydroxylation sites is 1. The van der Waals surface area contributed by atoms with E-state index in [-0.39, 0.29) is 6.04 Å². The van der Waals surface area contributed by atoms with E-state index in [1.165, 1.54) is 0 Å². The summed E-state index contributed by atoms with van der Waals surface area (Å²) in [6.45, 7) is 2.49. The second-order valence-electron chi connectivity index (χ2n) is 4.65. The number of hydrogen-bond acceptors (Lipinski definition) is 3. The lowest BCUT2D eigenvalue weighted by Crippen LogP contribution is -2.10. The molecule has 2 aromatic rings. The second-order valence-corrected chi connectivity index (χ2v) is 4.65. The van der Waals surface area contributed by atoms with Crippen molar-refractivity contribution >= 4 is 0 Å². The van der Waals surface area contributed by atoms with Crippen LogP contribution in [-0.2, 0) is 6.61 Å². The van der Waals surface area contributed by atoms with Crippen LogP contribution in [0.5, 0.6) is 5.75 Å². The van der Waals surface area contributed by atoms with Crippen LogP contribution in [0.2, 0.25) is 0 Å². The van der Waals surface area contributed by atoms with Gasteiger partial charge in [-0.2, -0.15) is 5.26 Å². The van der Waals surface area contributed by atoms with E-state index in [0.29, 0.717) is 12.2 Å². The minimum absolute atomic E-state index is 0.0170. The first kappa shape index (κ1) is 14.1. The van der Waals surface area contributed by atoms with Crippen LogP contribution in [0.3, 0.4) is 0 Å². The molecule has 0 radical (unpaired) electrons. The van der Waals surface area contributed by atoms with Gasteiger partial charge in [-0.05, 0) is 30.2 Å². The zero-order valence-corrected chi connectivity index (χ0v) is 11.5. The van der Waals surface area contributed by atoms with Crippen molar-refractivity contribution in [1.29, 1.82) is 5.26 Å². The molecule has 0 fully saturated rings. The Labute approximate surface area is 119 Å². The molecule has 2 aromatic carbocycles. The highest BCUT2D eigenvalue weighted by atomic mass is 16.5. The normalized spacial score (nSPS) is 11.7. The van der Waals surface area contributed by atoms with Crippen LogP contribution in [0, 0.1) is 11.3 Å². The quantitative estimate of drug-likeness (QED) is 0.900. The molecule has 0 heterocycles. The Kier molecular flexibility index (Phi) is 4.75. The van der Waals surface area contributed by atoms with Crippen LogP contribution in [0.1, 0.15) is 36.1 Å². The predicted molar refractivity (Wildman–Crippen MR) is 79.2 cm³/mol. The second kappa shape index (κ2) is 6.74. The topological polar surface area (TPSA) is 59.0 Å². The van der Waals surface area contributed by atoms with E-state index in [9.17, 15) is 0 Å². The van der Waals surface area contributed by atoms with E-state index in [2.05, 4.69) is 13.0 Å². The Balaban J connectivity index is 2.13. The van der Waals surface area contributed by atoms with Gasteiger partial charge in [0.2, 0.25) is 0 Å². The molecule has 3 nitrogen and oxygen atoms in total. The summed E-state index contributed by atoms with van der Waals surface area (Å²) in [5, 5.41) is 8.89. The van der Waals surface area contributed by atoms with Crippen LogP contribution in [0.25, 0.3) is 0 Å². The molecule has 0 saturated heterocycles. The minimum atomic E-state index is -0.0170. The molecule has 2 N–H and O–H groups in total. The van der Waals surface area contributed by atoms with Crippen LogP contribution >= 0.6 is 0 Å². The summed E-state index contributed by atoms with van der Waals surface area (Å²) < 4.78 is 5.86. The Morgan fingerprint density at radius 3 is 2.75 bits per heavy atom. The standard InChI is InChI=1S/C17H18N2O/c1-2-16(19)15-8-3-4-9-17(15)20-12-14-7-5-6-13(10-14)11-18/h3-10,16H,2,12,19H2,1H3/t16-/m1/s1. The van der Waals surface area contributed by atoms with Crippen LogP contribution < -0.4 is 10.5 Å². The van der Waals surface area contributed by atoms with Gasteiger partial charge in [0.1, 0.15) is 12.4 Å². The highest BCUT2D eigenvalue weighted by molar-refractivity contribution is 5.37. The first-order valence-corrected chi connectivity index (χ1v) is 6.71. The number of nitriles is 1. The third-order valence-corrected chi connectivity index (χ3v) is 3.21. The van der Waals surface area contributed by atoms with Crippen molar-refractivity contribution in [3.05, 3.63) is 65.2 Å². The fourth-order valence-electron chi connectivity index (χ4n) is 2.03. The van der Waals surface area contributed by atoms with Crippen molar-refractivity contribution in [2.75, 3.05) is 0 Å². The van der Waals surface area contributed by atoms with Crippen molar-refractivity contribution < 1.29 is 4.74 Å². The number of nitrogens with zero attached hydrogens (tertiary/aromatic N) is 1. The predicted octanol–water partition coefficient (Wildman–Crippen LogP) is 3.55. The van der Waals surface area contributed by atoms with Gasteiger partial charge in [0.15, 0.2) is 0 Å². The molecule has 0 saturated carbocycles. The minimum Gasteiger partial charge on any atom is -0.489 e. The van der Waals surface area contributed by atoms with Gasteiger partial charge < -0.3 is 10.5 Å². The van der Waals surface area contributed by atoms with E-state index < -0.39 is 0 Å². The van der Waals surface area contributed by atoms with Gasteiger partial charge in [-0.25, -0.2) is 0 Å². The van der Waals surface area contributed by atoms with Crippen molar-refractivity contribution in [3.8, 4) is 11.8 Å². The zero-order chi connectivity index (χ0) is 14.4. The molecule has 102 valence electrons.